The fourth-order valence-corrected chi connectivity index (χ4v) is 1.25. The SMILES string of the molecule is CC.CSN(C)c1cccc(C)c1. The van der Waals surface area contributed by atoms with Crippen LogP contribution in [0, 0.1) is 6.92 Å². The number of aryl methyl sites for hydroxylation is 1. The van der Waals surface area contributed by atoms with E-state index in [1.165, 1.54) is 11.3 Å². The smallest absolute Gasteiger partial charge is 0.0469 e. The summed E-state index contributed by atoms with van der Waals surface area (Å²) in [6.45, 7) is 6.11. The van der Waals surface area contributed by atoms with Gasteiger partial charge in [0.15, 0.2) is 0 Å². The Morgan fingerprint density at radius 2 is 1.85 bits per heavy atom. The molecule has 0 unspecified atom stereocenters. The van der Waals surface area contributed by atoms with Crippen LogP contribution < -0.4 is 4.31 Å². The maximum Gasteiger partial charge on any atom is 0.0469 e. The first-order valence-electron chi connectivity index (χ1n) is 4.58. The lowest BCUT2D eigenvalue weighted by Crippen LogP contribution is -2.04. The zero-order chi connectivity index (χ0) is 10.3. The quantitative estimate of drug-likeness (QED) is 0.665. The molecule has 0 aliphatic rings. The minimum Gasteiger partial charge on any atom is -0.320 e. The summed E-state index contributed by atoms with van der Waals surface area (Å²) >= 11 is 1.72. The van der Waals surface area contributed by atoms with Crippen LogP contribution in [0.1, 0.15) is 19.4 Å². The van der Waals surface area contributed by atoms with Crippen molar-refractivity contribution in [2.24, 2.45) is 0 Å². The minimum atomic E-state index is 1.26. The Hall–Kier alpha value is -0.630. The Kier molecular flexibility index (Phi) is 6.51. The van der Waals surface area contributed by atoms with Crippen molar-refractivity contribution in [1.29, 1.82) is 0 Å². The molecule has 1 aromatic rings. The highest BCUT2D eigenvalue weighted by Gasteiger charge is 1.96. The molecule has 0 aromatic heterocycles. The van der Waals surface area contributed by atoms with Crippen LogP contribution in [0.25, 0.3) is 0 Å². The van der Waals surface area contributed by atoms with Crippen molar-refractivity contribution in [2.75, 3.05) is 17.6 Å². The number of hydrogen-bond acceptors (Lipinski definition) is 2. The van der Waals surface area contributed by atoms with Gasteiger partial charge in [-0.3, -0.25) is 0 Å². The van der Waals surface area contributed by atoms with Crippen molar-refractivity contribution in [1.82, 2.24) is 0 Å². The van der Waals surface area contributed by atoms with Crippen molar-refractivity contribution in [3.8, 4) is 0 Å². The molecule has 0 saturated heterocycles. The molecule has 74 valence electrons. The van der Waals surface area contributed by atoms with Gasteiger partial charge in [0.25, 0.3) is 0 Å². The maximum absolute atomic E-state index is 2.18. The fourth-order valence-electron chi connectivity index (χ4n) is 0.929. The van der Waals surface area contributed by atoms with Gasteiger partial charge in [-0.15, -0.1) is 0 Å². The Morgan fingerprint density at radius 1 is 1.23 bits per heavy atom. The average Bonchev–Trinajstić information content (AvgIpc) is 2.20. The molecule has 0 N–H and O–H groups in total. The van der Waals surface area contributed by atoms with E-state index in [1.807, 2.05) is 13.8 Å². The molecule has 0 radical (unpaired) electrons. The Bertz CT molecular complexity index is 235. The number of benzene rings is 1. The van der Waals surface area contributed by atoms with E-state index in [0.717, 1.165) is 0 Å². The van der Waals surface area contributed by atoms with Gasteiger partial charge < -0.3 is 4.31 Å². The summed E-state index contributed by atoms with van der Waals surface area (Å²) in [4.78, 5) is 0. The van der Waals surface area contributed by atoms with Crippen LogP contribution in [0.2, 0.25) is 0 Å². The maximum atomic E-state index is 2.18. The third-order valence-electron chi connectivity index (χ3n) is 1.64. The molecule has 0 atom stereocenters. The van der Waals surface area contributed by atoms with Gasteiger partial charge in [0.2, 0.25) is 0 Å². The molecule has 0 saturated carbocycles. The summed E-state index contributed by atoms with van der Waals surface area (Å²) in [5, 5.41) is 0. The number of hydrogen-bond donors (Lipinski definition) is 0. The standard InChI is InChI=1S/C9H13NS.C2H6/c1-8-5-4-6-9(7-8)10(2)11-3;1-2/h4-7H,1-3H3;1-2H3. The molecule has 1 aromatic carbocycles. The van der Waals surface area contributed by atoms with Crippen molar-refractivity contribution < 1.29 is 0 Å². The van der Waals surface area contributed by atoms with Crippen LogP contribution in [-0.2, 0) is 0 Å². The van der Waals surface area contributed by atoms with Crippen molar-refractivity contribution in [3.63, 3.8) is 0 Å². The summed E-state index contributed by atoms with van der Waals surface area (Å²) in [6.07, 6.45) is 2.07. The molecule has 1 rings (SSSR count). The van der Waals surface area contributed by atoms with Crippen LogP contribution in [0.4, 0.5) is 5.69 Å². The third kappa shape index (κ3) is 4.23. The van der Waals surface area contributed by atoms with Gasteiger partial charge in [-0.05, 0) is 24.6 Å². The number of rotatable bonds is 2. The van der Waals surface area contributed by atoms with Crippen LogP contribution in [0.5, 0.6) is 0 Å². The first-order valence-corrected chi connectivity index (χ1v) is 5.76. The zero-order valence-electron chi connectivity index (χ0n) is 9.16. The second-order valence-corrected chi connectivity index (χ2v) is 3.43. The highest BCUT2D eigenvalue weighted by molar-refractivity contribution is 7.99. The fraction of sp³-hybridized carbons (Fsp3) is 0.455. The van der Waals surface area contributed by atoms with E-state index >= 15 is 0 Å². The molecule has 0 heterocycles. The highest BCUT2D eigenvalue weighted by atomic mass is 32.2. The topological polar surface area (TPSA) is 3.24 Å². The van der Waals surface area contributed by atoms with Crippen LogP contribution >= 0.6 is 11.9 Å². The molecule has 0 aliphatic heterocycles. The van der Waals surface area contributed by atoms with Gasteiger partial charge in [0.05, 0.1) is 0 Å². The molecule has 0 bridgehead atoms. The molecule has 0 amide bonds. The molecule has 0 spiro atoms. The molecular weight excluding hydrogens is 178 g/mol. The van der Waals surface area contributed by atoms with E-state index in [1.54, 1.807) is 11.9 Å². The predicted octanol–water partition coefficient (Wildman–Crippen LogP) is 3.74. The predicted molar refractivity (Wildman–Crippen MR) is 64.4 cm³/mol. The first kappa shape index (κ1) is 12.4. The molecule has 0 aliphatic carbocycles. The van der Waals surface area contributed by atoms with E-state index < -0.39 is 0 Å². The lowest BCUT2D eigenvalue weighted by atomic mass is 10.2. The Morgan fingerprint density at radius 3 is 2.31 bits per heavy atom. The number of nitrogens with zero attached hydrogens (tertiary/aromatic N) is 1. The van der Waals surface area contributed by atoms with Gasteiger partial charge in [-0.2, -0.15) is 0 Å². The van der Waals surface area contributed by atoms with Crippen molar-refractivity contribution >= 4 is 17.6 Å². The molecule has 13 heavy (non-hydrogen) atoms. The normalized spacial score (nSPS) is 8.69. The second kappa shape index (κ2) is 6.84. The lowest BCUT2D eigenvalue weighted by Gasteiger charge is -2.15. The molecule has 2 heteroatoms. The largest absolute Gasteiger partial charge is 0.320 e. The molecular formula is C11H19NS. The number of anilines is 1. The summed E-state index contributed by atoms with van der Waals surface area (Å²) in [5.41, 5.74) is 2.57. The lowest BCUT2D eigenvalue weighted by molar-refractivity contribution is 1.34. The third-order valence-corrected chi connectivity index (χ3v) is 2.40. The zero-order valence-corrected chi connectivity index (χ0v) is 9.98. The summed E-state index contributed by atoms with van der Waals surface area (Å²) in [7, 11) is 2.07. The highest BCUT2D eigenvalue weighted by Crippen LogP contribution is 2.18. The molecule has 0 fully saturated rings. The van der Waals surface area contributed by atoms with Crippen molar-refractivity contribution in [3.05, 3.63) is 29.8 Å². The second-order valence-electron chi connectivity index (χ2n) is 2.52. The van der Waals surface area contributed by atoms with E-state index in [4.69, 9.17) is 0 Å². The summed E-state index contributed by atoms with van der Waals surface area (Å²) < 4.78 is 2.15. The minimum absolute atomic E-state index is 1.26. The average molecular weight is 197 g/mol. The van der Waals surface area contributed by atoms with Gasteiger partial charge in [-0.25, -0.2) is 0 Å². The monoisotopic (exact) mass is 197 g/mol. The van der Waals surface area contributed by atoms with E-state index in [-0.39, 0.29) is 0 Å². The van der Waals surface area contributed by atoms with E-state index in [2.05, 4.69) is 48.8 Å². The first-order chi connectivity index (χ1) is 6.24. The van der Waals surface area contributed by atoms with E-state index in [9.17, 15) is 0 Å². The summed E-state index contributed by atoms with van der Waals surface area (Å²) in [5.74, 6) is 0. The van der Waals surface area contributed by atoms with Gasteiger partial charge in [0.1, 0.15) is 0 Å². The Labute approximate surface area is 86.3 Å². The van der Waals surface area contributed by atoms with Gasteiger partial charge >= 0.3 is 0 Å². The molecule has 1 nitrogen and oxygen atoms in total. The van der Waals surface area contributed by atoms with Gasteiger partial charge in [0, 0.05) is 19.0 Å². The summed E-state index contributed by atoms with van der Waals surface area (Å²) in [6, 6.07) is 8.48. The van der Waals surface area contributed by atoms with Crippen LogP contribution in [0.15, 0.2) is 24.3 Å². The van der Waals surface area contributed by atoms with Crippen molar-refractivity contribution in [2.45, 2.75) is 20.8 Å². The van der Waals surface area contributed by atoms with Crippen LogP contribution in [-0.4, -0.2) is 13.3 Å². The van der Waals surface area contributed by atoms with E-state index in [0.29, 0.717) is 0 Å². The van der Waals surface area contributed by atoms with Crippen LogP contribution in [0.3, 0.4) is 0 Å². The Balaban J connectivity index is 0.000000671. The van der Waals surface area contributed by atoms with Gasteiger partial charge in [-0.1, -0.05) is 37.9 Å².